The Morgan fingerprint density at radius 3 is 2.53 bits per heavy atom. The van der Waals surface area contributed by atoms with Crippen molar-refractivity contribution in [3.63, 3.8) is 0 Å². The lowest BCUT2D eigenvalue weighted by Gasteiger charge is -2.36. The first kappa shape index (κ1) is 12.7. The Kier molecular flexibility index (Phi) is 4.30. The van der Waals surface area contributed by atoms with Gasteiger partial charge in [-0.3, -0.25) is 4.90 Å². The first-order valence-electron chi connectivity index (χ1n) is 6.44. The van der Waals surface area contributed by atoms with E-state index in [9.17, 15) is 0 Å². The van der Waals surface area contributed by atoms with Gasteiger partial charge in [0.1, 0.15) is 0 Å². The number of anilines is 1. The Hall–Kier alpha value is -0.730. The summed E-state index contributed by atoms with van der Waals surface area (Å²) in [5, 5.41) is 0.835. The fourth-order valence-corrected chi connectivity index (χ4v) is 2.62. The summed E-state index contributed by atoms with van der Waals surface area (Å²) in [6, 6.07) is 6.16. The Morgan fingerprint density at radius 2 is 1.88 bits per heavy atom. The molecule has 0 spiro atoms. The third kappa shape index (κ3) is 3.14. The van der Waals surface area contributed by atoms with Crippen molar-refractivity contribution in [2.45, 2.75) is 20.3 Å². The second-order valence-electron chi connectivity index (χ2n) is 4.76. The summed E-state index contributed by atoms with van der Waals surface area (Å²) in [5.74, 6) is 0. The quantitative estimate of drug-likeness (QED) is 0.815. The number of halogens is 1. The molecule has 0 aromatic heterocycles. The van der Waals surface area contributed by atoms with Crippen molar-refractivity contribution in [1.82, 2.24) is 4.90 Å². The molecule has 94 valence electrons. The van der Waals surface area contributed by atoms with Crippen LogP contribution in [0.5, 0.6) is 0 Å². The predicted molar refractivity (Wildman–Crippen MR) is 75.1 cm³/mol. The first-order chi connectivity index (χ1) is 8.20. The van der Waals surface area contributed by atoms with Crippen LogP contribution in [-0.2, 0) is 0 Å². The Bertz CT molecular complexity index is 370. The molecule has 0 N–H and O–H groups in total. The molecule has 1 heterocycles. The van der Waals surface area contributed by atoms with Gasteiger partial charge < -0.3 is 4.90 Å². The van der Waals surface area contributed by atoms with E-state index in [-0.39, 0.29) is 0 Å². The molecular formula is C14H21ClN2. The summed E-state index contributed by atoms with van der Waals surface area (Å²) in [6.07, 6.45) is 1.25. The number of nitrogens with zero attached hydrogens (tertiary/aromatic N) is 2. The highest BCUT2D eigenvalue weighted by atomic mass is 35.5. The third-order valence-electron chi connectivity index (χ3n) is 3.42. The molecule has 0 amide bonds. The molecule has 0 bridgehead atoms. The zero-order chi connectivity index (χ0) is 12.3. The topological polar surface area (TPSA) is 6.48 Å². The summed E-state index contributed by atoms with van der Waals surface area (Å²) < 4.78 is 0. The average Bonchev–Trinajstić information content (AvgIpc) is 2.34. The van der Waals surface area contributed by atoms with Gasteiger partial charge >= 0.3 is 0 Å². The monoisotopic (exact) mass is 252 g/mol. The minimum absolute atomic E-state index is 0.835. The summed E-state index contributed by atoms with van der Waals surface area (Å²) in [7, 11) is 0. The number of benzene rings is 1. The molecule has 3 heteroatoms. The molecule has 2 nitrogen and oxygen atoms in total. The van der Waals surface area contributed by atoms with Crippen LogP contribution in [0.25, 0.3) is 0 Å². The fourth-order valence-electron chi connectivity index (χ4n) is 2.45. The SMILES string of the molecule is CCCN1CCN(c2cc(Cl)ccc2C)CC1. The van der Waals surface area contributed by atoms with E-state index >= 15 is 0 Å². The van der Waals surface area contributed by atoms with Crippen LogP contribution in [0.1, 0.15) is 18.9 Å². The van der Waals surface area contributed by atoms with Gasteiger partial charge in [-0.25, -0.2) is 0 Å². The molecule has 1 saturated heterocycles. The average molecular weight is 253 g/mol. The molecule has 0 atom stereocenters. The zero-order valence-corrected chi connectivity index (χ0v) is 11.5. The van der Waals surface area contributed by atoms with Gasteiger partial charge in [0.25, 0.3) is 0 Å². The number of hydrogen-bond donors (Lipinski definition) is 0. The third-order valence-corrected chi connectivity index (χ3v) is 3.66. The van der Waals surface area contributed by atoms with Crippen LogP contribution in [0.3, 0.4) is 0 Å². The van der Waals surface area contributed by atoms with E-state index in [0.29, 0.717) is 0 Å². The van der Waals surface area contributed by atoms with E-state index in [1.54, 1.807) is 0 Å². The molecular weight excluding hydrogens is 232 g/mol. The van der Waals surface area contributed by atoms with Crippen molar-refractivity contribution in [3.8, 4) is 0 Å². The van der Waals surface area contributed by atoms with Crippen molar-refractivity contribution >= 4 is 17.3 Å². The smallest absolute Gasteiger partial charge is 0.0426 e. The molecule has 0 radical (unpaired) electrons. The lowest BCUT2D eigenvalue weighted by atomic mass is 10.1. The first-order valence-corrected chi connectivity index (χ1v) is 6.82. The molecule has 1 aromatic rings. The van der Waals surface area contributed by atoms with E-state index < -0.39 is 0 Å². The fraction of sp³-hybridized carbons (Fsp3) is 0.571. The normalized spacial score (nSPS) is 17.5. The van der Waals surface area contributed by atoms with Gasteiger partial charge in [-0.15, -0.1) is 0 Å². The van der Waals surface area contributed by atoms with Crippen LogP contribution in [-0.4, -0.2) is 37.6 Å². The summed E-state index contributed by atoms with van der Waals surface area (Å²) in [4.78, 5) is 4.99. The van der Waals surface area contributed by atoms with E-state index in [1.807, 2.05) is 6.07 Å². The highest BCUT2D eigenvalue weighted by Crippen LogP contribution is 2.25. The van der Waals surface area contributed by atoms with Gasteiger partial charge in [0.2, 0.25) is 0 Å². The van der Waals surface area contributed by atoms with Gasteiger partial charge in [0, 0.05) is 36.9 Å². The van der Waals surface area contributed by atoms with Crippen LogP contribution < -0.4 is 4.90 Å². The lowest BCUT2D eigenvalue weighted by Crippen LogP contribution is -2.46. The molecule has 1 fully saturated rings. The molecule has 0 unspecified atom stereocenters. The number of aryl methyl sites for hydroxylation is 1. The number of rotatable bonds is 3. The number of hydrogen-bond acceptors (Lipinski definition) is 2. The molecule has 0 aliphatic carbocycles. The van der Waals surface area contributed by atoms with Crippen molar-refractivity contribution in [2.24, 2.45) is 0 Å². The van der Waals surface area contributed by atoms with E-state index in [2.05, 4.69) is 35.8 Å². The van der Waals surface area contributed by atoms with Crippen LogP contribution in [0.4, 0.5) is 5.69 Å². The number of piperazine rings is 1. The highest BCUT2D eigenvalue weighted by Gasteiger charge is 2.17. The van der Waals surface area contributed by atoms with Crippen molar-refractivity contribution in [1.29, 1.82) is 0 Å². The molecule has 1 aromatic carbocycles. The maximum absolute atomic E-state index is 6.08. The second-order valence-corrected chi connectivity index (χ2v) is 5.20. The van der Waals surface area contributed by atoms with Gasteiger partial charge in [0.15, 0.2) is 0 Å². The Morgan fingerprint density at radius 1 is 1.18 bits per heavy atom. The Labute approximate surface area is 109 Å². The van der Waals surface area contributed by atoms with E-state index in [1.165, 1.54) is 37.3 Å². The lowest BCUT2D eigenvalue weighted by molar-refractivity contribution is 0.258. The maximum Gasteiger partial charge on any atom is 0.0426 e. The second kappa shape index (κ2) is 5.74. The summed E-state index contributed by atoms with van der Waals surface area (Å²) in [5.41, 5.74) is 2.62. The van der Waals surface area contributed by atoms with Crippen molar-refractivity contribution in [2.75, 3.05) is 37.6 Å². The maximum atomic E-state index is 6.08. The van der Waals surface area contributed by atoms with Crippen LogP contribution >= 0.6 is 11.6 Å². The van der Waals surface area contributed by atoms with Crippen LogP contribution in [0.15, 0.2) is 18.2 Å². The van der Waals surface area contributed by atoms with E-state index in [4.69, 9.17) is 11.6 Å². The molecule has 17 heavy (non-hydrogen) atoms. The van der Waals surface area contributed by atoms with Crippen LogP contribution in [0.2, 0.25) is 5.02 Å². The van der Waals surface area contributed by atoms with Crippen molar-refractivity contribution in [3.05, 3.63) is 28.8 Å². The van der Waals surface area contributed by atoms with Crippen LogP contribution in [0, 0.1) is 6.92 Å². The minimum Gasteiger partial charge on any atom is -0.369 e. The molecule has 1 aliphatic rings. The van der Waals surface area contributed by atoms with Gasteiger partial charge in [-0.2, -0.15) is 0 Å². The zero-order valence-electron chi connectivity index (χ0n) is 10.7. The minimum atomic E-state index is 0.835. The van der Waals surface area contributed by atoms with Crippen molar-refractivity contribution < 1.29 is 0 Å². The van der Waals surface area contributed by atoms with Gasteiger partial charge in [-0.1, -0.05) is 24.6 Å². The molecule has 0 saturated carbocycles. The highest BCUT2D eigenvalue weighted by molar-refractivity contribution is 6.30. The van der Waals surface area contributed by atoms with Gasteiger partial charge in [0.05, 0.1) is 0 Å². The van der Waals surface area contributed by atoms with E-state index in [0.717, 1.165) is 18.1 Å². The summed E-state index contributed by atoms with van der Waals surface area (Å²) >= 11 is 6.08. The largest absolute Gasteiger partial charge is 0.369 e. The summed E-state index contributed by atoms with van der Waals surface area (Å²) in [6.45, 7) is 10.2. The Balaban J connectivity index is 2.02. The van der Waals surface area contributed by atoms with Gasteiger partial charge in [-0.05, 0) is 37.6 Å². The molecule has 2 rings (SSSR count). The predicted octanol–water partition coefficient (Wildman–Crippen LogP) is 3.18. The molecule has 1 aliphatic heterocycles. The standard InChI is InChI=1S/C14H21ClN2/c1-3-6-16-7-9-17(10-8-16)14-11-13(15)5-4-12(14)2/h4-5,11H,3,6-10H2,1-2H3.